The molecule has 1 aromatic carbocycles. The third kappa shape index (κ3) is 1.80. The van der Waals surface area contributed by atoms with Gasteiger partial charge in [0, 0.05) is 37.0 Å². The molecule has 3 heterocycles. The number of aromatic nitrogens is 4. The Bertz CT molecular complexity index is 838. The van der Waals surface area contributed by atoms with Crippen LogP contribution in [-0.2, 0) is 7.05 Å². The van der Waals surface area contributed by atoms with Crippen molar-refractivity contribution in [3.8, 4) is 11.3 Å². The number of hydrogen-bond donors (Lipinski definition) is 1. The van der Waals surface area contributed by atoms with Crippen LogP contribution in [0.2, 0.25) is 0 Å². The van der Waals surface area contributed by atoms with Crippen LogP contribution in [0.15, 0.2) is 43.1 Å². The maximum atomic E-state index is 14.3. The van der Waals surface area contributed by atoms with Gasteiger partial charge in [-0.25, -0.2) is 14.4 Å². The summed E-state index contributed by atoms with van der Waals surface area (Å²) in [7, 11) is 1.83. The topological polar surface area (TPSA) is 55.9 Å². The van der Waals surface area contributed by atoms with Gasteiger partial charge < -0.3 is 14.2 Å². The zero-order valence-electron chi connectivity index (χ0n) is 12.0. The molecule has 0 aliphatic carbocycles. The van der Waals surface area contributed by atoms with Crippen molar-refractivity contribution in [2.24, 2.45) is 7.05 Å². The lowest BCUT2D eigenvalue weighted by atomic mass is 9.98. The molecule has 22 heavy (non-hydrogen) atoms. The van der Waals surface area contributed by atoms with E-state index in [-0.39, 0.29) is 11.9 Å². The number of rotatable bonds is 3. The number of aliphatic hydroxyl groups is 1. The first kappa shape index (κ1) is 13.2. The lowest BCUT2D eigenvalue weighted by molar-refractivity contribution is 0.141. The standard InChI is InChI=1S/C16H15FN4O/c1-20-6-5-19-16(20)14(22)7-12-15-10(3-2-4-11(15)17)13-8-18-9-21(12)13/h2-6,8-9,12,14,22H,7H2,1H3. The quantitative estimate of drug-likeness (QED) is 0.808. The highest BCUT2D eigenvalue weighted by Gasteiger charge is 2.33. The van der Waals surface area contributed by atoms with Crippen molar-refractivity contribution >= 4 is 0 Å². The second kappa shape index (κ2) is 4.78. The van der Waals surface area contributed by atoms with E-state index in [0.29, 0.717) is 17.8 Å². The minimum atomic E-state index is -0.772. The smallest absolute Gasteiger partial charge is 0.137 e. The summed E-state index contributed by atoms with van der Waals surface area (Å²) in [6, 6.07) is 4.77. The molecule has 0 fully saturated rings. The van der Waals surface area contributed by atoms with Crippen molar-refractivity contribution in [3.63, 3.8) is 0 Å². The summed E-state index contributed by atoms with van der Waals surface area (Å²) in [5, 5.41) is 10.5. The minimum Gasteiger partial charge on any atom is -0.385 e. The highest BCUT2D eigenvalue weighted by atomic mass is 19.1. The van der Waals surface area contributed by atoms with Crippen LogP contribution in [0.4, 0.5) is 4.39 Å². The predicted octanol–water partition coefficient (Wildman–Crippen LogP) is 2.45. The molecule has 6 heteroatoms. The molecule has 1 aliphatic rings. The number of aryl methyl sites for hydroxylation is 1. The van der Waals surface area contributed by atoms with E-state index in [1.54, 1.807) is 35.6 Å². The third-order valence-electron chi connectivity index (χ3n) is 4.27. The monoisotopic (exact) mass is 298 g/mol. The average Bonchev–Trinajstić information content (AvgIpc) is 3.17. The number of hydrogen-bond acceptors (Lipinski definition) is 3. The fourth-order valence-corrected chi connectivity index (χ4v) is 3.25. The summed E-state index contributed by atoms with van der Waals surface area (Å²) in [4.78, 5) is 8.32. The van der Waals surface area contributed by atoms with Crippen LogP contribution in [0.5, 0.6) is 0 Å². The molecular weight excluding hydrogens is 283 g/mol. The Morgan fingerprint density at radius 1 is 1.41 bits per heavy atom. The maximum absolute atomic E-state index is 14.3. The molecule has 2 unspecified atom stereocenters. The normalized spacial score (nSPS) is 17.3. The van der Waals surface area contributed by atoms with Gasteiger partial charge in [-0.2, -0.15) is 0 Å². The van der Waals surface area contributed by atoms with Gasteiger partial charge in [0.25, 0.3) is 0 Å². The molecule has 3 aromatic rings. The van der Waals surface area contributed by atoms with Crippen molar-refractivity contribution in [1.29, 1.82) is 0 Å². The van der Waals surface area contributed by atoms with Crippen LogP contribution in [0.1, 0.15) is 30.0 Å². The van der Waals surface area contributed by atoms with Gasteiger partial charge in [0.1, 0.15) is 17.7 Å². The molecule has 0 saturated carbocycles. The summed E-state index contributed by atoms with van der Waals surface area (Å²) >= 11 is 0. The van der Waals surface area contributed by atoms with Crippen molar-refractivity contribution in [1.82, 2.24) is 19.1 Å². The summed E-state index contributed by atoms with van der Waals surface area (Å²) in [6.45, 7) is 0. The van der Waals surface area contributed by atoms with Gasteiger partial charge in [-0.1, -0.05) is 12.1 Å². The van der Waals surface area contributed by atoms with E-state index in [1.807, 2.05) is 17.7 Å². The lowest BCUT2D eigenvalue weighted by Gasteiger charge is -2.19. The van der Waals surface area contributed by atoms with Gasteiger partial charge in [-0.15, -0.1) is 0 Å². The van der Waals surface area contributed by atoms with Gasteiger partial charge >= 0.3 is 0 Å². The number of fused-ring (bicyclic) bond motifs is 3. The van der Waals surface area contributed by atoms with Crippen LogP contribution in [-0.4, -0.2) is 24.2 Å². The largest absolute Gasteiger partial charge is 0.385 e. The first-order chi connectivity index (χ1) is 10.7. The van der Waals surface area contributed by atoms with Crippen LogP contribution < -0.4 is 0 Å². The number of halogens is 1. The molecule has 0 radical (unpaired) electrons. The first-order valence-electron chi connectivity index (χ1n) is 7.12. The van der Waals surface area contributed by atoms with Crippen molar-refractivity contribution in [3.05, 3.63) is 60.3 Å². The highest BCUT2D eigenvalue weighted by Crippen LogP contribution is 2.44. The summed E-state index contributed by atoms with van der Waals surface area (Å²) in [6.07, 6.45) is 6.42. The summed E-state index contributed by atoms with van der Waals surface area (Å²) in [5.41, 5.74) is 2.34. The molecule has 112 valence electrons. The van der Waals surface area contributed by atoms with E-state index in [4.69, 9.17) is 0 Å². The van der Waals surface area contributed by atoms with Gasteiger partial charge in [0.15, 0.2) is 0 Å². The molecular formula is C16H15FN4O. The predicted molar refractivity (Wildman–Crippen MR) is 78.5 cm³/mol. The van der Waals surface area contributed by atoms with Crippen LogP contribution in [0, 0.1) is 5.82 Å². The molecule has 5 nitrogen and oxygen atoms in total. The molecule has 2 aromatic heterocycles. The zero-order chi connectivity index (χ0) is 15.3. The molecule has 0 spiro atoms. The molecule has 2 atom stereocenters. The van der Waals surface area contributed by atoms with Gasteiger partial charge in [0.05, 0.1) is 24.3 Å². The van der Waals surface area contributed by atoms with E-state index in [0.717, 1.165) is 11.3 Å². The fourth-order valence-electron chi connectivity index (χ4n) is 3.25. The minimum absolute atomic E-state index is 0.252. The molecule has 0 bridgehead atoms. The Morgan fingerprint density at radius 3 is 3.05 bits per heavy atom. The van der Waals surface area contributed by atoms with E-state index in [2.05, 4.69) is 9.97 Å². The fraction of sp³-hybridized carbons (Fsp3) is 0.250. The zero-order valence-corrected chi connectivity index (χ0v) is 12.0. The Hall–Kier alpha value is -2.47. The van der Waals surface area contributed by atoms with Crippen molar-refractivity contribution in [2.45, 2.75) is 18.6 Å². The van der Waals surface area contributed by atoms with Crippen molar-refractivity contribution in [2.75, 3.05) is 0 Å². The number of aliphatic hydroxyl groups excluding tert-OH is 1. The molecule has 1 aliphatic heterocycles. The first-order valence-corrected chi connectivity index (χ1v) is 7.12. The maximum Gasteiger partial charge on any atom is 0.137 e. The third-order valence-corrected chi connectivity index (χ3v) is 4.27. The second-order valence-corrected chi connectivity index (χ2v) is 5.55. The molecule has 0 amide bonds. The van der Waals surface area contributed by atoms with E-state index in [9.17, 15) is 9.50 Å². The number of nitrogens with zero attached hydrogens (tertiary/aromatic N) is 4. The van der Waals surface area contributed by atoms with Crippen LogP contribution in [0.3, 0.4) is 0 Å². The highest BCUT2D eigenvalue weighted by molar-refractivity contribution is 5.69. The second-order valence-electron chi connectivity index (χ2n) is 5.55. The Kier molecular flexibility index (Phi) is 2.87. The Balaban J connectivity index is 1.75. The molecule has 4 rings (SSSR count). The SMILES string of the molecule is Cn1ccnc1C(O)CC1c2c(F)cccc2-c2cncn21. The van der Waals surface area contributed by atoms with Crippen LogP contribution in [0.25, 0.3) is 11.3 Å². The van der Waals surface area contributed by atoms with E-state index < -0.39 is 6.10 Å². The summed E-state index contributed by atoms with van der Waals surface area (Å²) in [5.74, 6) is 0.324. The van der Waals surface area contributed by atoms with Crippen LogP contribution >= 0.6 is 0 Å². The summed E-state index contributed by atoms with van der Waals surface area (Å²) < 4.78 is 18.0. The lowest BCUT2D eigenvalue weighted by Crippen LogP contribution is -2.14. The number of imidazole rings is 2. The Morgan fingerprint density at radius 2 is 2.27 bits per heavy atom. The van der Waals surface area contributed by atoms with Gasteiger partial charge in [-0.05, 0) is 6.07 Å². The van der Waals surface area contributed by atoms with Crippen molar-refractivity contribution < 1.29 is 9.50 Å². The molecule has 0 saturated heterocycles. The average molecular weight is 298 g/mol. The number of benzene rings is 1. The van der Waals surface area contributed by atoms with E-state index >= 15 is 0 Å². The van der Waals surface area contributed by atoms with Gasteiger partial charge in [-0.3, -0.25) is 0 Å². The molecule has 1 N–H and O–H groups in total. The van der Waals surface area contributed by atoms with Gasteiger partial charge in [0.2, 0.25) is 0 Å². The Labute approximate surface area is 126 Å². The van der Waals surface area contributed by atoms with E-state index in [1.165, 1.54) is 6.07 Å².